The zero-order chi connectivity index (χ0) is 13.9. The monoisotopic (exact) mass is 302 g/mol. The number of hydrogen-bond donors (Lipinski definition) is 3. The van der Waals surface area contributed by atoms with Crippen molar-refractivity contribution < 1.29 is 8.42 Å². The van der Waals surface area contributed by atoms with E-state index in [1.165, 1.54) is 11.3 Å². The molecular formula is C9H14N6O2S2. The quantitative estimate of drug-likeness (QED) is 0.679. The van der Waals surface area contributed by atoms with E-state index in [4.69, 9.17) is 0 Å². The molecule has 0 saturated heterocycles. The Morgan fingerprint density at radius 3 is 2.84 bits per heavy atom. The number of sulfonamides is 1. The fraction of sp³-hybridized carbons (Fsp3) is 0.444. The Balaban J connectivity index is 2.21. The van der Waals surface area contributed by atoms with Crippen LogP contribution in [0.2, 0.25) is 0 Å². The van der Waals surface area contributed by atoms with Crippen LogP contribution in [0, 0.1) is 6.92 Å². The Kier molecular flexibility index (Phi) is 4.24. The summed E-state index contributed by atoms with van der Waals surface area (Å²) in [5, 5.41) is 17.8. The molecule has 0 unspecified atom stereocenters. The van der Waals surface area contributed by atoms with Gasteiger partial charge in [0.25, 0.3) is 0 Å². The molecule has 0 aliphatic carbocycles. The number of tetrazole rings is 1. The summed E-state index contributed by atoms with van der Waals surface area (Å²) in [6.45, 7) is 2.29. The lowest BCUT2D eigenvalue weighted by atomic mass is 10.3. The van der Waals surface area contributed by atoms with E-state index in [0.717, 1.165) is 10.4 Å². The average Bonchev–Trinajstić information content (AvgIpc) is 2.97. The number of aromatic nitrogens is 4. The molecular weight excluding hydrogens is 288 g/mol. The Hall–Kier alpha value is -1.36. The summed E-state index contributed by atoms with van der Waals surface area (Å²) in [5.41, 5.74) is 0.732. The van der Waals surface area contributed by atoms with Gasteiger partial charge in [-0.2, -0.15) is 5.21 Å². The third-order valence-electron chi connectivity index (χ3n) is 2.40. The van der Waals surface area contributed by atoms with Gasteiger partial charge in [0.2, 0.25) is 10.0 Å². The van der Waals surface area contributed by atoms with Crippen LogP contribution < -0.4 is 10.0 Å². The van der Waals surface area contributed by atoms with Gasteiger partial charge in [-0.1, -0.05) is 5.21 Å². The molecule has 0 spiro atoms. The second kappa shape index (κ2) is 5.74. The maximum Gasteiger partial charge on any atom is 0.242 e. The van der Waals surface area contributed by atoms with E-state index in [2.05, 4.69) is 30.7 Å². The van der Waals surface area contributed by atoms with Crippen LogP contribution in [0.4, 0.5) is 0 Å². The molecule has 104 valence electrons. The van der Waals surface area contributed by atoms with E-state index < -0.39 is 10.0 Å². The van der Waals surface area contributed by atoms with Crippen LogP contribution in [-0.2, 0) is 23.1 Å². The number of aryl methyl sites for hydroxylation is 1. The first-order valence-corrected chi connectivity index (χ1v) is 7.84. The highest BCUT2D eigenvalue weighted by Gasteiger charge is 2.22. The van der Waals surface area contributed by atoms with Crippen molar-refractivity contribution in [3.05, 3.63) is 21.6 Å². The SMILES string of the molecule is CNCc1scc(C)c1S(=O)(=O)NCc1nn[nH]n1. The molecule has 0 aliphatic rings. The van der Waals surface area contributed by atoms with Gasteiger partial charge in [-0.05, 0) is 24.9 Å². The van der Waals surface area contributed by atoms with Gasteiger partial charge in [0.15, 0.2) is 5.82 Å². The molecule has 2 heterocycles. The lowest BCUT2D eigenvalue weighted by Gasteiger charge is -2.07. The number of nitrogens with zero attached hydrogens (tertiary/aromatic N) is 3. The van der Waals surface area contributed by atoms with Crippen molar-refractivity contribution in [1.29, 1.82) is 0 Å². The first kappa shape index (κ1) is 14.1. The Morgan fingerprint density at radius 2 is 2.21 bits per heavy atom. The normalized spacial score (nSPS) is 11.9. The van der Waals surface area contributed by atoms with E-state index in [1.807, 2.05) is 5.38 Å². The Morgan fingerprint density at radius 1 is 1.42 bits per heavy atom. The molecule has 0 aliphatic heterocycles. The lowest BCUT2D eigenvalue weighted by Crippen LogP contribution is -2.25. The zero-order valence-corrected chi connectivity index (χ0v) is 12.1. The summed E-state index contributed by atoms with van der Waals surface area (Å²) in [7, 11) is -1.80. The van der Waals surface area contributed by atoms with E-state index in [9.17, 15) is 8.42 Å². The molecule has 2 aromatic heterocycles. The van der Waals surface area contributed by atoms with Crippen molar-refractivity contribution >= 4 is 21.4 Å². The first-order valence-electron chi connectivity index (χ1n) is 5.48. The summed E-state index contributed by atoms with van der Waals surface area (Å²) in [5.74, 6) is 0.298. The third kappa shape index (κ3) is 3.15. The van der Waals surface area contributed by atoms with Gasteiger partial charge in [-0.25, -0.2) is 13.1 Å². The molecule has 19 heavy (non-hydrogen) atoms. The van der Waals surface area contributed by atoms with Crippen LogP contribution in [0.1, 0.15) is 16.3 Å². The highest BCUT2D eigenvalue weighted by Crippen LogP contribution is 2.26. The number of H-pyrrole nitrogens is 1. The molecule has 0 radical (unpaired) electrons. The molecule has 0 amide bonds. The Labute approximate surface area is 114 Å². The minimum absolute atomic E-state index is 0.00706. The highest BCUT2D eigenvalue weighted by atomic mass is 32.2. The summed E-state index contributed by atoms with van der Waals surface area (Å²) >= 11 is 1.42. The van der Waals surface area contributed by atoms with Crippen molar-refractivity contribution in [2.24, 2.45) is 0 Å². The third-order valence-corrected chi connectivity index (χ3v) is 5.27. The van der Waals surface area contributed by atoms with Crippen molar-refractivity contribution in [3.8, 4) is 0 Å². The van der Waals surface area contributed by atoms with Gasteiger partial charge in [0, 0.05) is 11.4 Å². The molecule has 10 heteroatoms. The summed E-state index contributed by atoms with van der Waals surface area (Å²) in [4.78, 5) is 1.11. The maximum atomic E-state index is 12.3. The van der Waals surface area contributed by atoms with E-state index in [-0.39, 0.29) is 6.54 Å². The molecule has 0 fully saturated rings. The number of hydrogen-bond acceptors (Lipinski definition) is 7. The molecule has 0 atom stereocenters. The van der Waals surface area contributed by atoms with Crippen molar-refractivity contribution in [2.75, 3.05) is 7.05 Å². The second-order valence-corrected chi connectivity index (χ2v) is 6.52. The van der Waals surface area contributed by atoms with Crippen LogP contribution in [0.25, 0.3) is 0 Å². The van der Waals surface area contributed by atoms with Crippen LogP contribution in [0.5, 0.6) is 0 Å². The summed E-state index contributed by atoms with van der Waals surface area (Å²) in [6, 6.07) is 0. The van der Waals surface area contributed by atoms with Gasteiger partial charge in [-0.15, -0.1) is 21.5 Å². The van der Waals surface area contributed by atoms with E-state index in [0.29, 0.717) is 17.3 Å². The Bertz CT molecular complexity index is 634. The van der Waals surface area contributed by atoms with Gasteiger partial charge < -0.3 is 5.32 Å². The number of aromatic amines is 1. The van der Waals surface area contributed by atoms with Crippen LogP contribution in [0.15, 0.2) is 10.3 Å². The molecule has 2 rings (SSSR count). The topological polar surface area (TPSA) is 113 Å². The molecule has 2 aromatic rings. The minimum atomic E-state index is -3.58. The van der Waals surface area contributed by atoms with E-state index >= 15 is 0 Å². The van der Waals surface area contributed by atoms with Gasteiger partial charge in [0.05, 0.1) is 6.54 Å². The molecule has 0 bridgehead atoms. The largest absolute Gasteiger partial charge is 0.315 e. The van der Waals surface area contributed by atoms with Gasteiger partial charge >= 0.3 is 0 Å². The number of nitrogens with one attached hydrogen (secondary N) is 3. The molecule has 8 nitrogen and oxygen atoms in total. The zero-order valence-electron chi connectivity index (χ0n) is 10.5. The van der Waals surface area contributed by atoms with Crippen LogP contribution in [0.3, 0.4) is 0 Å². The van der Waals surface area contributed by atoms with Gasteiger partial charge in [-0.3, -0.25) is 0 Å². The average molecular weight is 302 g/mol. The van der Waals surface area contributed by atoms with E-state index in [1.54, 1.807) is 14.0 Å². The summed E-state index contributed by atoms with van der Waals surface area (Å²) < 4.78 is 27.0. The van der Waals surface area contributed by atoms with Crippen LogP contribution >= 0.6 is 11.3 Å². The number of thiophene rings is 1. The highest BCUT2D eigenvalue weighted by molar-refractivity contribution is 7.89. The van der Waals surface area contributed by atoms with Gasteiger partial charge in [0.1, 0.15) is 4.90 Å². The van der Waals surface area contributed by atoms with Crippen molar-refractivity contribution in [1.82, 2.24) is 30.7 Å². The van der Waals surface area contributed by atoms with Crippen molar-refractivity contribution in [3.63, 3.8) is 0 Å². The molecule has 0 aromatic carbocycles. The fourth-order valence-corrected chi connectivity index (χ4v) is 4.42. The standard InChI is InChI=1S/C9H14N6O2S2/c1-6-5-18-7(3-10-2)9(6)19(16,17)11-4-8-12-14-15-13-8/h5,10-11H,3-4H2,1-2H3,(H,12,13,14,15). The maximum absolute atomic E-state index is 12.3. The number of rotatable bonds is 6. The minimum Gasteiger partial charge on any atom is -0.315 e. The summed E-state index contributed by atoms with van der Waals surface area (Å²) in [6.07, 6.45) is 0. The smallest absolute Gasteiger partial charge is 0.242 e. The second-order valence-electron chi connectivity index (χ2n) is 3.85. The molecule has 0 saturated carbocycles. The first-order chi connectivity index (χ1) is 9.04. The fourth-order valence-electron chi connectivity index (χ4n) is 1.62. The molecule has 3 N–H and O–H groups in total. The van der Waals surface area contributed by atoms with Crippen molar-refractivity contribution in [2.45, 2.75) is 24.9 Å². The predicted octanol–water partition coefficient (Wildman–Crippen LogP) is -0.232. The predicted molar refractivity (Wildman–Crippen MR) is 70.0 cm³/mol. The lowest BCUT2D eigenvalue weighted by molar-refractivity contribution is 0.577. The van der Waals surface area contributed by atoms with Crippen LogP contribution in [-0.4, -0.2) is 36.1 Å².